The van der Waals surface area contributed by atoms with E-state index in [-0.39, 0.29) is 5.84 Å². The first-order valence-electron chi connectivity index (χ1n) is 5.93. The lowest BCUT2D eigenvalue weighted by molar-refractivity contribution is 0.318. The molecule has 0 saturated heterocycles. The summed E-state index contributed by atoms with van der Waals surface area (Å²) in [6.45, 7) is 2.60. The smallest absolute Gasteiger partial charge is 0.189 e. The zero-order valence-electron chi connectivity index (χ0n) is 10.7. The van der Waals surface area contributed by atoms with Crippen molar-refractivity contribution in [3.8, 4) is 0 Å². The summed E-state index contributed by atoms with van der Waals surface area (Å²) in [6, 6.07) is 11.8. The number of rotatable bonds is 4. The molecule has 0 fully saturated rings. The molecule has 1 aromatic carbocycles. The van der Waals surface area contributed by atoms with Crippen LogP contribution in [0.25, 0.3) is 0 Å². The van der Waals surface area contributed by atoms with Gasteiger partial charge in [0.15, 0.2) is 5.84 Å². The first kappa shape index (κ1) is 12.9. The molecule has 19 heavy (non-hydrogen) atoms. The van der Waals surface area contributed by atoms with Crippen LogP contribution >= 0.6 is 0 Å². The van der Waals surface area contributed by atoms with Crippen molar-refractivity contribution in [1.82, 2.24) is 4.98 Å². The van der Waals surface area contributed by atoms with Gasteiger partial charge in [-0.3, -0.25) is 4.98 Å². The molecule has 2 rings (SSSR count). The highest BCUT2D eigenvalue weighted by Crippen LogP contribution is 2.12. The standard InChI is InChI=1S/C14H16N4O/c1-10-4-2-6-12(8-10)17-9-11-5-3-7-16-13(11)14(15)18-19/h2-8,17,19H,9H2,1H3,(H2,15,18). The lowest BCUT2D eigenvalue weighted by atomic mass is 10.1. The minimum atomic E-state index is 0.0154. The molecule has 5 nitrogen and oxygen atoms in total. The van der Waals surface area contributed by atoms with Gasteiger partial charge in [0.05, 0.1) is 0 Å². The van der Waals surface area contributed by atoms with E-state index < -0.39 is 0 Å². The van der Waals surface area contributed by atoms with E-state index >= 15 is 0 Å². The summed E-state index contributed by atoms with van der Waals surface area (Å²) in [4.78, 5) is 4.12. The van der Waals surface area contributed by atoms with E-state index in [1.165, 1.54) is 5.56 Å². The van der Waals surface area contributed by atoms with Crippen LogP contribution in [-0.2, 0) is 6.54 Å². The Morgan fingerprint density at radius 2 is 2.21 bits per heavy atom. The number of pyridine rings is 1. The zero-order valence-corrected chi connectivity index (χ0v) is 10.7. The summed E-state index contributed by atoms with van der Waals surface area (Å²) >= 11 is 0. The molecule has 1 aromatic heterocycles. The van der Waals surface area contributed by atoms with Crippen LogP contribution in [0.2, 0.25) is 0 Å². The van der Waals surface area contributed by atoms with Crippen molar-refractivity contribution in [2.24, 2.45) is 10.9 Å². The number of amidine groups is 1. The number of benzene rings is 1. The monoisotopic (exact) mass is 256 g/mol. The van der Waals surface area contributed by atoms with E-state index in [0.717, 1.165) is 11.3 Å². The molecule has 0 unspecified atom stereocenters. The van der Waals surface area contributed by atoms with Gasteiger partial charge in [0.2, 0.25) is 0 Å². The van der Waals surface area contributed by atoms with Crippen molar-refractivity contribution >= 4 is 11.5 Å². The predicted molar refractivity (Wildman–Crippen MR) is 75.3 cm³/mol. The molecule has 0 aliphatic carbocycles. The number of nitrogens with two attached hydrogens (primary N) is 1. The van der Waals surface area contributed by atoms with E-state index in [0.29, 0.717) is 12.2 Å². The highest BCUT2D eigenvalue weighted by molar-refractivity contribution is 5.96. The largest absolute Gasteiger partial charge is 0.409 e. The van der Waals surface area contributed by atoms with E-state index in [2.05, 4.69) is 21.5 Å². The molecule has 0 amide bonds. The molecule has 4 N–H and O–H groups in total. The Labute approximate surface area is 111 Å². The predicted octanol–water partition coefficient (Wildman–Crippen LogP) is 2.10. The van der Waals surface area contributed by atoms with Gasteiger partial charge < -0.3 is 16.3 Å². The number of nitrogens with zero attached hydrogens (tertiary/aromatic N) is 2. The quantitative estimate of drug-likeness (QED) is 0.338. The van der Waals surface area contributed by atoms with Gasteiger partial charge in [-0.1, -0.05) is 23.4 Å². The van der Waals surface area contributed by atoms with Gasteiger partial charge in [0.25, 0.3) is 0 Å². The van der Waals surface area contributed by atoms with Gasteiger partial charge in [0, 0.05) is 24.0 Å². The third kappa shape index (κ3) is 3.22. The Balaban J connectivity index is 2.16. The number of hydrogen-bond acceptors (Lipinski definition) is 4. The molecule has 0 atom stereocenters. The Hall–Kier alpha value is -2.56. The number of oxime groups is 1. The van der Waals surface area contributed by atoms with Crippen LogP contribution in [0.1, 0.15) is 16.8 Å². The SMILES string of the molecule is Cc1cccc(NCc2cccnc2C(N)=NO)c1. The number of nitrogens with one attached hydrogen (secondary N) is 1. The third-order valence-electron chi connectivity index (χ3n) is 2.74. The topological polar surface area (TPSA) is 83.5 Å². The average Bonchev–Trinajstić information content (AvgIpc) is 2.45. The highest BCUT2D eigenvalue weighted by atomic mass is 16.4. The lowest BCUT2D eigenvalue weighted by Crippen LogP contribution is -2.18. The normalized spacial score (nSPS) is 11.3. The Morgan fingerprint density at radius 1 is 1.37 bits per heavy atom. The van der Waals surface area contributed by atoms with Crippen LogP contribution in [0.15, 0.2) is 47.8 Å². The van der Waals surface area contributed by atoms with Gasteiger partial charge in [-0.25, -0.2) is 0 Å². The van der Waals surface area contributed by atoms with Crippen LogP contribution < -0.4 is 11.1 Å². The molecule has 2 aromatic rings. The van der Waals surface area contributed by atoms with Crippen LogP contribution in [0.4, 0.5) is 5.69 Å². The average molecular weight is 256 g/mol. The lowest BCUT2D eigenvalue weighted by Gasteiger charge is -2.10. The maximum atomic E-state index is 8.74. The van der Waals surface area contributed by atoms with Crippen molar-refractivity contribution in [3.05, 3.63) is 59.4 Å². The number of aromatic nitrogens is 1. The van der Waals surface area contributed by atoms with Gasteiger partial charge in [-0.15, -0.1) is 0 Å². The van der Waals surface area contributed by atoms with Crippen molar-refractivity contribution < 1.29 is 5.21 Å². The fourth-order valence-electron chi connectivity index (χ4n) is 1.81. The molecule has 0 saturated carbocycles. The van der Waals surface area contributed by atoms with E-state index in [1.54, 1.807) is 6.20 Å². The van der Waals surface area contributed by atoms with E-state index in [1.807, 2.05) is 37.3 Å². The van der Waals surface area contributed by atoms with Crippen LogP contribution in [0, 0.1) is 6.92 Å². The highest BCUT2D eigenvalue weighted by Gasteiger charge is 2.07. The number of anilines is 1. The number of hydrogen-bond donors (Lipinski definition) is 3. The molecule has 0 aliphatic rings. The maximum Gasteiger partial charge on any atom is 0.189 e. The minimum Gasteiger partial charge on any atom is -0.409 e. The number of aryl methyl sites for hydroxylation is 1. The molecule has 5 heteroatoms. The van der Waals surface area contributed by atoms with Crippen LogP contribution in [-0.4, -0.2) is 16.0 Å². The minimum absolute atomic E-state index is 0.0154. The molecule has 1 heterocycles. The summed E-state index contributed by atoms with van der Waals surface area (Å²) < 4.78 is 0. The van der Waals surface area contributed by atoms with Crippen molar-refractivity contribution in [1.29, 1.82) is 0 Å². The molecule has 0 aliphatic heterocycles. The van der Waals surface area contributed by atoms with Gasteiger partial charge >= 0.3 is 0 Å². The molecule has 98 valence electrons. The maximum absolute atomic E-state index is 8.74. The van der Waals surface area contributed by atoms with Crippen molar-refractivity contribution in [2.75, 3.05) is 5.32 Å². The Bertz CT molecular complexity index is 596. The van der Waals surface area contributed by atoms with E-state index in [4.69, 9.17) is 10.9 Å². The van der Waals surface area contributed by atoms with E-state index in [9.17, 15) is 0 Å². The summed E-state index contributed by atoms with van der Waals surface area (Å²) in [5.41, 5.74) is 9.17. The second kappa shape index (κ2) is 5.86. The molecule has 0 spiro atoms. The first-order valence-corrected chi connectivity index (χ1v) is 5.93. The molecular formula is C14H16N4O. The van der Waals surface area contributed by atoms with Gasteiger partial charge in [0.1, 0.15) is 5.69 Å². The zero-order chi connectivity index (χ0) is 13.7. The fourth-order valence-corrected chi connectivity index (χ4v) is 1.81. The first-order chi connectivity index (χ1) is 9.20. The van der Waals surface area contributed by atoms with Crippen molar-refractivity contribution in [3.63, 3.8) is 0 Å². The second-order valence-electron chi connectivity index (χ2n) is 4.22. The Kier molecular flexibility index (Phi) is 3.97. The van der Waals surface area contributed by atoms with Gasteiger partial charge in [-0.05, 0) is 30.7 Å². The summed E-state index contributed by atoms with van der Waals surface area (Å²) in [5.74, 6) is 0.0154. The molecule has 0 radical (unpaired) electrons. The summed E-state index contributed by atoms with van der Waals surface area (Å²) in [6.07, 6.45) is 1.61. The summed E-state index contributed by atoms with van der Waals surface area (Å²) in [5, 5.41) is 15.0. The fraction of sp³-hybridized carbons (Fsp3) is 0.143. The van der Waals surface area contributed by atoms with Crippen LogP contribution in [0.3, 0.4) is 0 Å². The van der Waals surface area contributed by atoms with Crippen LogP contribution in [0.5, 0.6) is 0 Å². The third-order valence-corrected chi connectivity index (χ3v) is 2.74. The molecule has 0 bridgehead atoms. The van der Waals surface area contributed by atoms with Gasteiger partial charge in [-0.2, -0.15) is 0 Å². The summed E-state index contributed by atoms with van der Waals surface area (Å²) in [7, 11) is 0. The molecular weight excluding hydrogens is 240 g/mol. The second-order valence-corrected chi connectivity index (χ2v) is 4.22. The Morgan fingerprint density at radius 3 is 2.95 bits per heavy atom. The van der Waals surface area contributed by atoms with Crippen molar-refractivity contribution in [2.45, 2.75) is 13.5 Å².